The molecule has 0 unspecified atom stereocenters. The molecule has 1 heterocycles. The number of fused-ring (bicyclic) bond motifs is 6. The Labute approximate surface area is 293 Å². The van der Waals surface area contributed by atoms with Crippen molar-refractivity contribution in [1.29, 1.82) is 0 Å². The zero-order valence-electron chi connectivity index (χ0n) is 27.4. The third kappa shape index (κ3) is 3.94. The first-order valence-corrected chi connectivity index (χ1v) is 17.3. The second-order valence-electron chi connectivity index (χ2n) is 13.6. The normalized spacial score (nSPS) is 12.1. The molecule has 11 aromatic carbocycles. The van der Waals surface area contributed by atoms with Gasteiger partial charge in [0.15, 0.2) is 11.5 Å². The summed E-state index contributed by atoms with van der Waals surface area (Å²) in [4.78, 5) is 0. The van der Waals surface area contributed by atoms with Crippen molar-refractivity contribution in [2.45, 2.75) is 0 Å². The Bertz CT molecular complexity index is 3140. The molecule has 2 bridgehead atoms. The summed E-state index contributed by atoms with van der Waals surface area (Å²) < 4.78 is 2.35. The Balaban J connectivity index is 1.03. The summed E-state index contributed by atoms with van der Waals surface area (Å²) in [6.07, 6.45) is 0. The molecule has 12 aromatic rings. The average molecular weight is 652 g/mol. The van der Waals surface area contributed by atoms with Gasteiger partial charge in [0.2, 0.25) is 0 Å². The number of aromatic hydroxyl groups is 2. The second-order valence-corrected chi connectivity index (χ2v) is 13.6. The first kappa shape index (κ1) is 28.0. The van der Waals surface area contributed by atoms with Crippen molar-refractivity contribution < 1.29 is 10.2 Å². The maximum atomic E-state index is 10.7. The van der Waals surface area contributed by atoms with Crippen molar-refractivity contribution in [1.82, 2.24) is 4.57 Å². The number of benzene rings is 11. The van der Waals surface area contributed by atoms with Gasteiger partial charge in [-0.15, -0.1) is 0 Å². The van der Waals surface area contributed by atoms with E-state index in [9.17, 15) is 10.2 Å². The van der Waals surface area contributed by atoms with Gasteiger partial charge in [-0.3, -0.25) is 0 Å². The molecule has 51 heavy (non-hydrogen) atoms. The number of hydrogen-bond donors (Lipinski definition) is 2. The van der Waals surface area contributed by atoms with E-state index >= 15 is 0 Å². The summed E-state index contributed by atoms with van der Waals surface area (Å²) in [5, 5.41) is 32.1. The van der Waals surface area contributed by atoms with Crippen molar-refractivity contribution in [2.75, 3.05) is 0 Å². The molecule has 0 spiro atoms. The molecule has 3 nitrogen and oxygen atoms in total. The lowest BCUT2D eigenvalue weighted by Crippen LogP contribution is -1.92. The van der Waals surface area contributed by atoms with Crippen LogP contribution in [0.4, 0.5) is 0 Å². The lowest BCUT2D eigenvalue weighted by molar-refractivity contribution is 0.411. The molecular formula is C48H29NO2. The first-order valence-electron chi connectivity index (χ1n) is 17.3. The van der Waals surface area contributed by atoms with Crippen LogP contribution in [-0.4, -0.2) is 14.8 Å². The van der Waals surface area contributed by atoms with E-state index in [4.69, 9.17) is 0 Å². The van der Waals surface area contributed by atoms with Crippen molar-refractivity contribution in [3.63, 3.8) is 0 Å². The van der Waals surface area contributed by atoms with E-state index in [1.807, 2.05) is 18.2 Å². The number of aromatic nitrogens is 1. The van der Waals surface area contributed by atoms with Crippen molar-refractivity contribution in [3.8, 4) is 50.6 Å². The molecule has 0 fully saturated rings. The minimum absolute atomic E-state index is 0.0548. The lowest BCUT2D eigenvalue weighted by atomic mass is 9.86. The predicted octanol–water partition coefficient (Wildman–Crippen LogP) is 12.7. The minimum atomic E-state index is -0.0553. The van der Waals surface area contributed by atoms with Gasteiger partial charge in [-0.1, -0.05) is 121 Å². The Morgan fingerprint density at radius 2 is 0.922 bits per heavy atom. The number of rotatable bonds is 4. The molecule has 0 saturated carbocycles. The SMILES string of the molecule is Oc1c(O)c2ccc1cc2-c1ccc2ccc3c(-c4ccc(-c5ccc6c(c5)c5ccccc5n6-c5ccccc5)cc4)ccc4ccc1c2c43. The van der Waals surface area contributed by atoms with Gasteiger partial charge in [0, 0.05) is 27.2 Å². The highest BCUT2D eigenvalue weighted by molar-refractivity contribution is 6.28. The smallest absolute Gasteiger partial charge is 0.166 e. The number of hydrogen-bond acceptors (Lipinski definition) is 2. The van der Waals surface area contributed by atoms with E-state index in [2.05, 4.69) is 150 Å². The predicted molar refractivity (Wildman–Crippen MR) is 213 cm³/mol. The van der Waals surface area contributed by atoms with Gasteiger partial charge >= 0.3 is 0 Å². The molecule has 0 aliphatic carbocycles. The Kier molecular flexibility index (Phi) is 5.68. The van der Waals surface area contributed by atoms with E-state index in [-0.39, 0.29) is 11.5 Å². The van der Waals surface area contributed by atoms with E-state index in [1.165, 1.54) is 71.0 Å². The molecule has 0 amide bonds. The molecule has 3 heteroatoms. The van der Waals surface area contributed by atoms with Crippen molar-refractivity contribution >= 4 is 64.9 Å². The van der Waals surface area contributed by atoms with Crippen molar-refractivity contribution in [3.05, 3.63) is 164 Å². The fraction of sp³-hybridized carbons (Fsp3) is 0. The van der Waals surface area contributed by atoms with Crippen LogP contribution in [0, 0.1) is 0 Å². The highest BCUT2D eigenvalue weighted by atomic mass is 16.3. The number of para-hydroxylation sites is 2. The summed E-state index contributed by atoms with van der Waals surface area (Å²) in [5.74, 6) is -0.110. The minimum Gasteiger partial charge on any atom is -0.504 e. The molecular weight excluding hydrogens is 623 g/mol. The molecule has 2 N–H and O–H groups in total. The highest BCUT2D eigenvalue weighted by Crippen LogP contribution is 2.47. The highest BCUT2D eigenvalue weighted by Gasteiger charge is 2.19. The molecule has 0 saturated heterocycles. The second kappa shape index (κ2) is 10.3. The third-order valence-electron chi connectivity index (χ3n) is 10.9. The van der Waals surface area contributed by atoms with Crippen LogP contribution in [0.3, 0.4) is 0 Å². The molecule has 0 aliphatic rings. The van der Waals surface area contributed by atoms with Crippen LogP contribution < -0.4 is 0 Å². The van der Waals surface area contributed by atoms with Crippen LogP contribution in [0.2, 0.25) is 0 Å². The monoisotopic (exact) mass is 651 g/mol. The van der Waals surface area contributed by atoms with Gasteiger partial charge in [0.05, 0.1) is 11.0 Å². The number of phenols is 4. The van der Waals surface area contributed by atoms with Gasteiger partial charge in [-0.25, -0.2) is 0 Å². The fourth-order valence-electron chi connectivity index (χ4n) is 8.52. The topological polar surface area (TPSA) is 45.4 Å². The Hall–Kier alpha value is -6.84. The van der Waals surface area contributed by atoms with Crippen LogP contribution in [0.1, 0.15) is 0 Å². The zero-order chi connectivity index (χ0) is 33.8. The molecule has 12 rings (SSSR count). The third-order valence-corrected chi connectivity index (χ3v) is 10.9. The number of nitrogens with zero attached hydrogens (tertiary/aromatic N) is 1. The summed E-state index contributed by atoms with van der Waals surface area (Å²) >= 11 is 0. The van der Waals surface area contributed by atoms with E-state index in [1.54, 1.807) is 0 Å². The summed E-state index contributed by atoms with van der Waals surface area (Å²) in [6.45, 7) is 0. The van der Waals surface area contributed by atoms with Crippen LogP contribution in [-0.2, 0) is 0 Å². The van der Waals surface area contributed by atoms with Gasteiger partial charge in [0.1, 0.15) is 0 Å². The molecule has 0 aliphatic heterocycles. The lowest BCUT2D eigenvalue weighted by Gasteiger charge is -2.18. The van der Waals surface area contributed by atoms with Crippen LogP contribution in [0.15, 0.2) is 164 Å². The van der Waals surface area contributed by atoms with Gasteiger partial charge in [-0.05, 0) is 108 Å². The number of phenolic OH excluding ortho intramolecular Hbond substituents is 2. The van der Waals surface area contributed by atoms with Gasteiger partial charge < -0.3 is 14.8 Å². The molecule has 0 atom stereocenters. The van der Waals surface area contributed by atoms with E-state index < -0.39 is 0 Å². The first-order chi connectivity index (χ1) is 25.1. The Morgan fingerprint density at radius 1 is 0.333 bits per heavy atom. The quantitative estimate of drug-likeness (QED) is 0.147. The van der Waals surface area contributed by atoms with Crippen LogP contribution in [0.5, 0.6) is 11.5 Å². The van der Waals surface area contributed by atoms with E-state index in [0.717, 1.165) is 22.2 Å². The summed E-state index contributed by atoms with van der Waals surface area (Å²) in [6, 6.07) is 58.4. The largest absolute Gasteiger partial charge is 0.504 e. The summed E-state index contributed by atoms with van der Waals surface area (Å²) in [7, 11) is 0. The fourth-order valence-corrected chi connectivity index (χ4v) is 8.52. The standard InChI is InChI=1S/C48H29NO2/c50-47-33-18-24-40(48(47)51)41(27-33)36-21-15-31-16-22-38-35(20-14-30-17-23-39(36)46(31)45(30)38)29-12-10-28(11-13-29)32-19-25-44-42(26-32)37-8-4-5-9-43(37)49(44)34-6-2-1-3-7-34/h1-27,50-51H. The molecule has 0 radical (unpaired) electrons. The zero-order valence-corrected chi connectivity index (χ0v) is 27.4. The average Bonchev–Trinajstić information content (AvgIpc) is 3.52. The van der Waals surface area contributed by atoms with Crippen molar-refractivity contribution in [2.24, 2.45) is 0 Å². The van der Waals surface area contributed by atoms with Gasteiger partial charge in [-0.2, -0.15) is 0 Å². The van der Waals surface area contributed by atoms with Crippen LogP contribution >= 0.6 is 0 Å². The maximum absolute atomic E-state index is 10.7. The maximum Gasteiger partial charge on any atom is 0.166 e. The molecule has 1 aromatic heterocycles. The van der Waals surface area contributed by atoms with Crippen LogP contribution in [0.25, 0.3) is 104 Å². The molecule has 238 valence electrons. The summed E-state index contributed by atoms with van der Waals surface area (Å²) in [5.41, 5.74) is 10.3. The van der Waals surface area contributed by atoms with Gasteiger partial charge in [0.25, 0.3) is 0 Å². The Morgan fingerprint density at radius 3 is 1.69 bits per heavy atom. The van der Waals surface area contributed by atoms with E-state index in [0.29, 0.717) is 10.8 Å².